The van der Waals surface area contributed by atoms with Gasteiger partial charge < -0.3 is 14.9 Å². The van der Waals surface area contributed by atoms with Crippen LogP contribution in [0.3, 0.4) is 0 Å². The Morgan fingerprint density at radius 1 is 1.00 bits per heavy atom. The summed E-state index contributed by atoms with van der Waals surface area (Å²) in [5.74, 6) is -1.81. The molecule has 5 nitrogen and oxygen atoms in total. The lowest BCUT2D eigenvalue weighted by molar-refractivity contribution is -0.0164. The van der Waals surface area contributed by atoms with E-state index in [9.17, 15) is 19.8 Å². The predicted octanol–water partition coefficient (Wildman–Crippen LogP) is 1.58. The lowest BCUT2D eigenvalue weighted by Gasteiger charge is -2.26. The van der Waals surface area contributed by atoms with Crippen molar-refractivity contribution in [1.29, 1.82) is 0 Å². The minimum absolute atomic E-state index is 0.0112. The number of carbonyl (C=O) groups is 2. The van der Waals surface area contributed by atoms with Gasteiger partial charge in [-0.3, -0.25) is 9.59 Å². The van der Waals surface area contributed by atoms with Gasteiger partial charge in [0.25, 0.3) is 0 Å². The number of carbonyl (C=O) groups excluding carboxylic acids is 2. The SMILES string of the molecule is O=C(c1ccccc1)[C@@H]1O[C@H](CO)[C@@H](O)[C@]1(F)C(=O)c1ccccc1. The summed E-state index contributed by atoms with van der Waals surface area (Å²) in [6.45, 7) is -0.715. The lowest BCUT2D eigenvalue weighted by Crippen LogP contribution is -2.53. The third kappa shape index (κ3) is 2.89. The molecule has 0 radical (unpaired) electrons. The van der Waals surface area contributed by atoms with Crippen molar-refractivity contribution in [2.75, 3.05) is 6.61 Å². The minimum atomic E-state index is -2.98. The molecule has 0 bridgehead atoms. The van der Waals surface area contributed by atoms with Gasteiger partial charge in [-0.2, -0.15) is 0 Å². The molecule has 1 heterocycles. The highest BCUT2D eigenvalue weighted by Crippen LogP contribution is 2.39. The number of hydrogen-bond acceptors (Lipinski definition) is 5. The fourth-order valence-electron chi connectivity index (χ4n) is 2.99. The molecular formula is C19H17FO5. The number of benzene rings is 2. The van der Waals surface area contributed by atoms with E-state index in [0.29, 0.717) is 0 Å². The van der Waals surface area contributed by atoms with Gasteiger partial charge in [0.05, 0.1) is 6.61 Å². The molecule has 4 atom stereocenters. The van der Waals surface area contributed by atoms with Crippen molar-refractivity contribution in [3.8, 4) is 0 Å². The second kappa shape index (κ2) is 6.84. The number of aliphatic hydroxyl groups is 2. The van der Waals surface area contributed by atoms with E-state index in [1.54, 1.807) is 36.4 Å². The molecule has 2 aromatic rings. The molecule has 1 aliphatic heterocycles. The van der Waals surface area contributed by atoms with Crippen molar-refractivity contribution in [2.24, 2.45) is 0 Å². The lowest BCUT2D eigenvalue weighted by atomic mass is 9.82. The van der Waals surface area contributed by atoms with Gasteiger partial charge in [0.2, 0.25) is 11.5 Å². The molecule has 1 saturated heterocycles. The third-order valence-electron chi connectivity index (χ3n) is 4.34. The number of aliphatic hydroxyl groups excluding tert-OH is 2. The summed E-state index contributed by atoms with van der Waals surface area (Å²) in [5.41, 5.74) is -2.82. The van der Waals surface area contributed by atoms with E-state index in [0.717, 1.165) is 0 Å². The maximum atomic E-state index is 15.8. The van der Waals surface area contributed by atoms with Crippen molar-refractivity contribution in [1.82, 2.24) is 0 Å². The van der Waals surface area contributed by atoms with Crippen molar-refractivity contribution in [2.45, 2.75) is 24.0 Å². The molecule has 0 unspecified atom stereocenters. The van der Waals surface area contributed by atoms with Gasteiger partial charge in [-0.25, -0.2) is 4.39 Å². The van der Waals surface area contributed by atoms with Crippen molar-refractivity contribution < 1.29 is 28.9 Å². The summed E-state index contributed by atoms with van der Waals surface area (Å²) >= 11 is 0. The monoisotopic (exact) mass is 344 g/mol. The molecule has 3 rings (SSSR count). The van der Waals surface area contributed by atoms with Gasteiger partial charge in [-0.05, 0) is 0 Å². The zero-order valence-corrected chi connectivity index (χ0v) is 13.2. The zero-order valence-electron chi connectivity index (χ0n) is 13.2. The van der Waals surface area contributed by atoms with Crippen LogP contribution < -0.4 is 0 Å². The van der Waals surface area contributed by atoms with Crippen LogP contribution in [0.1, 0.15) is 20.7 Å². The summed E-state index contributed by atoms with van der Waals surface area (Å²) in [5, 5.41) is 19.6. The van der Waals surface area contributed by atoms with Crippen molar-refractivity contribution >= 4 is 11.6 Å². The average Bonchev–Trinajstić information content (AvgIpc) is 2.94. The van der Waals surface area contributed by atoms with Crippen LogP contribution in [0.2, 0.25) is 0 Å². The largest absolute Gasteiger partial charge is 0.394 e. The zero-order chi connectivity index (χ0) is 18.0. The molecule has 1 aliphatic rings. The summed E-state index contributed by atoms with van der Waals surface area (Å²) in [4.78, 5) is 25.4. The highest BCUT2D eigenvalue weighted by Gasteiger charge is 2.64. The summed E-state index contributed by atoms with van der Waals surface area (Å²) < 4.78 is 21.0. The van der Waals surface area contributed by atoms with Crippen LogP contribution in [-0.2, 0) is 4.74 Å². The number of hydrogen-bond donors (Lipinski definition) is 2. The molecule has 0 aromatic heterocycles. The quantitative estimate of drug-likeness (QED) is 0.805. The molecule has 25 heavy (non-hydrogen) atoms. The van der Waals surface area contributed by atoms with Gasteiger partial charge in [0, 0.05) is 11.1 Å². The molecule has 0 saturated carbocycles. The van der Waals surface area contributed by atoms with E-state index in [-0.39, 0.29) is 11.1 Å². The topological polar surface area (TPSA) is 83.8 Å². The van der Waals surface area contributed by atoms with E-state index in [2.05, 4.69) is 0 Å². The molecule has 0 aliphatic carbocycles. The number of halogens is 1. The molecule has 130 valence electrons. The van der Waals surface area contributed by atoms with E-state index >= 15 is 4.39 Å². The summed E-state index contributed by atoms with van der Waals surface area (Å²) in [6, 6.07) is 15.4. The van der Waals surface area contributed by atoms with E-state index in [1.807, 2.05) is 0 Å². The Balaban J connectivity index is 2.03. The van der Waals surface area contributed by atoms with Gasteiger partial charge in [-0.15, -0.1) is 0 Å². The predicted molar refractivity (Wildman–Crippen MR) is 87.1 cm³/mol. The van der Waals surface area contributed by atoms with E-state index in [1.165, 1.54) is 24.3 Å². The molecular weight excluding hydrogens is 327 g/mol. The first-order chi connectivity index (χ1) is 12.0. The number of alkyl halides is 1. The number of ketones is 2. The van der Waals surface area contributed by atoms with Crippen molar-refractivity contribution in [3.63, 3.8) is 0 Å². The van der Waals surface area contributed by atoms with Gasteiger partial charge in [0.1, 0.15) is 12.2 Å². The fourth-order valence-corrected chi connectivity index (χ4v) is 2.99. The molecule has 2 N–H and O–H groups in total. The van der Waals surface area contributed by atoms with Crippen LogP contribution in [0, 0.1) is 0 Å². The van der Waals surface area contributed by atoms with Crippen molar-refractivity contribution in [3.05, 3.63) is 71.8 Å². The first-order valence-corrected chi connectivity index (χ1v) is 7.82. The van der Waals surface area contributed by atoms with Crippen LogP contribution in [0.4, 0.5) is 4.39 Å². The smallest absolute Gasteiger partial charge is 0.234 e. The maximum absolute atomic E-state index is 15.8. The Hall–Kier alpha value is -2.41. The van der Waals surface area contributed by atoms with Crippen LogP contribution in [0.5, 0.6) is 0 Å². The minimum Gasteiger partial charge on any atom is -0.394 e. The van der Waals surface area contributed by atoms with E-state index in [4.69, 9.17) is 4.74 Å². The Morgan fingerprint density at radius 3 is 2.04 bits per heavy atom. The van der Waals surface area contributed by atoms with Crippen LogP contribution >= 0.6 is 0 Å². The highest BCUT2D eigenvalue weighted by molar-refractivity contribution is 6.10. The molecule has 0 amide bonds. The Bertz CT molecular complexity index is 764. The first kappa shape index (κ1) is 17.4. The second-order valence-electron chi connectivity index (χ2n) is 5.88. The Morgan fingerprint density at radius 2 is 1.52 bits per heavy atom. The molecule has 1 fully saturated rings. The maximum Gasteiger partial charge on any atom is 0.234 e. The number of ether oxygens (including phenoxy) is 1. The third-order valence-corrected chi connectivity index (χ3v) is 4.34. The average molecular weight is 344 g/mol. The molecule has 6 heteroatoms. The van der Waals surface area contributed by atoms with Gasteiger partial charge in [-0.1, -0.05) is 60.7 Å². The Labute approximate surface area is 143 Å². The Kier molecular flexibility index (Phi) is 4.76. The summed E-state index contributed by atoms with van der Waals surface area (Å²) in [7, 11) is 0. The number of rotatable bonds is 5. The first-order valence-electron chi connectivity index (χ1n) is 7.82. The van der Waals surface area contributed by atoms with Crippen LogP contribution in [0.25, 0.3) is 0 Å². The highest BCUT2D eigenvalue weighted by atomic mass is 19.1. The van der Waals surface area contributed by atoms with E-state index < -0.39 is 42.2 Å². The fraction of sp³-hybridized carbons (Fsp3) is 0.263. The summed E-state index contributed by atoms with van der Waals surface area (Å²) in [6.07, 6.45) is -5.16. The standard InChI is InChI=1S/C19H17FO5/c20-19(16(23)13-9-5-2-6-10-13)17(24)14(11-21)25-18(19)15(22)12-7-3-1-4-8-12/h1-10,14,17-18,21,24H,11H2/t14-,17-,18+,19-/m1/s1. The van der Waals surface area contributed by atoms with Gasteiger partial charge in [0.15, 0.2) is 11.9 Å². The van der Waals surface area contributed by atoms with Crippen LogP contribution in [0.15, 0.2) is 60.7 Å². The van der Waals surface area contributed by atoms with Crippen LogP contribution in [-0.4, -0.2) is 52.4 Å². The molecule has 0 spiro atoms. The van der Waals surface area contributed by atoms with Gasteiger partial charge >= 0.3 is 0 Å². The molecule has 2 aromatic carbocycles. The normalized spacial score (nSPS) is 28.7. The number of Topliss-reactive ketones (excluding diaryl/α,β-unsaturated/α-hetero) is 2. The second-order valence-corrected chi connectivity index (χ2v) is 5.88.